The molecule has 1 heterocycles. The maximum atomic E-state index is 13.5. The molecule has 4 N–H and O–H groups in total. The third kappa shape index (κ3) is 6.05. The number of amides is 2. The number of benzene rings is 2. The first kappa shape index (κ1) is 26.7. The van der Waals surface area contributed by atoms with Crippen molar-refractivity contribution in [3.8, 4) is 0 Å². The molecule has 2 aromatic rings. The molecule has 1 saturated heterocycles. The second-order valence-electron chi connectivity index (χ2n) is 10.4. The number of nitrogens with two attached hydrogens (primary N) is 1. The van der Waals surface area contributed by atoms with Gasteiger partial charge in [0.05, 0.1) is 24.6 Å². The largest absolute Gasteiger partial charge is 0.377 e. The molecule has 2 aliphatic carbocycles. The van der Waals surface area contributed by atoms with Gasteiger partial charge in [0.15, 0.2) is 0 Å². The molecule has 1 aliphatic heterocycles. The summed E-state index contributed by atoms with van der Waals surface area (Å²) in [5, 5.41) is 6.12. The third-order valence-electron chi connectivity index (χ3n) is 7.49. The molecule has 0 aromatic heterocycles. The van der Waals surface area contributed by atoms with Gasteiger partial charge in [-0.05, 0) is 43.2 Å². The quantitative estimate of drug-likeness (QED) is 0.496. The van der Waals surface area contributed by atoms with E-state index < -0.39 is 0 Å². The minimum absolute atomic E-state index is 0.118. The zero-order valence-electron chi connectivity index (χ0n) is 22.5. The van der Waals surface area contributed by atoms with Crippen molar-refractivity contribution >= 4 is 23.2 Å². The second kappa shape index (κ2) is 11.8. The first-order valence-corrected chi connectivity index (χ1v) is 13.6. The highest BCUT2D eigenvalue weighted by atomic mass is 16.5. The van der Waals surface area contributed by atoms with Crippen LogP contribution in [0, 0.1) is 11.8 Å². The van der Waals surface area contributed by atoms with Crippen LogP contribution in [0.3, 0.4) is 0 Å². The van der Waals surface area contributed by atoms with Gasteiger partial charge < -0.3 is 26.0 Å². The lowest BCUT2D eigenvalue weighted by molar-refractivity contribution is -0.112. The van der Waals surface area contributed by atoms with Crippen LogP contribution in [-0.2, 0) is 22.6 Å². The summed E-state index contributed by atoms with van der Waals surface area (Å²) >= 11 is 0. The average Bonchev–Trinajstić information content (AvgIpc) is 2.96. The highest BCUT2D eigenvalue weighted by Gasteiger charge is 2.29. The van der Waals surface area contributed by atoms with Crippen molar-refractivity contribution in [2.45, 2.75) is 39.0 Å². The molecule has 2 aromatic carbocycles. The average molecular weight is 525 g/mol. The van der Waals surface area contributed by atoms with Gasteiger partial charge in [-0.15, -0.1) is 0 Å². The summed E-state index contributed by atoms with van der Waals surface area (Å²) in [5.74, 6) is 0.0276. The van der Waals surface area contributed by atoms with E-state index in [9.17, 15) is 9.59 Å². The monoisotopic (exact) mass is 524 g/mol. The van der Waals surface area contributed by atoms with Gasteiger partial charge in [-0.3, -0.25) is 9.59 Å². The smallest absolute Gasteiger partial charge is 0.255 e. The minimum Gasteiger partial charge on any atom is -0.377 e. The van der Waals surface area contributed by atoms with Gasteiger partial charge >= 0.3 is 0 Å². The fourth-order valence-electron chi connectivity index (χ4n) is 5.46. The lowest BCUT2D eigenvalue weighted by atomic mass is 9.83. The highest BCUT2D eigenvalue weighted by molar-refractivity contribution is 6.08. The van der Waals surface area contributed by atoms with Crippen LogP contribution in [-0.4, -0.2) is 37.1 Å². The SMILES string of the molecule is CC1COCC(C)N1c1ccc(C(=O)NCc2cccc(CN)c2)cc1NC(=O)C1=CC2C=CC=CC2C=C1. The Kier molecular flexibility index (Phi) is 8.10. The number of ether oxygens (including phenoxy) is 1. The molecule has 202 valence electrons. The third-order valence-corrected chi connectivity index (χ3v) is 7.49. The van der Waals surface area contributed by atoms with Crippen LogP contribution in [0.25, 0.3) is 0 Å². The number of morpholine rings is 1. The van der Waals surface area contributed by atoms with Crippen molar-refractivity contribution in [1.82, 2.24) is 5.32 Å². The molecule has 0 bridgehead atoms. The van der Waals surface area contributed by atoms with Crippen molar-refractivity contribution in [3.63, 3.8) is 0 Å². The number of nitrogens with one attached hydrogen (secondary N) is 2. The van der Waals surface area contributed by atoms with Gasteiger partial charge in [-0.25, -0.2) is 0 Å². The fraction of sp³-hybridized carbons (Fsp3) is 0.312. The van der Waals surface area contributed by atoms with Crippen molar-refractivity contribution in [2.75, 3.05) is 23.4 Å². The molecule has 0 radical (unpaired) electrons. The number of carbonyl (C=O) groups excluding carboxylic acids is 2. The Labute approximate surface area is 230 Å². The maximum Gasteiger partial charge on any atom is 0.255 e. The molecule has 3 aliphatic rings. The van der Waals surface area contributed by atoms with Crippen LogP contribution in [0.5, 0.6) is 0 Å². The van der Waals surface area contributed by atoms with Crippen molar-refractivity contribution in [2.24, 2.45) is 17.6 Å². The minimum atomic E-state index is -0.211. The molecule has 1 fully saturated rings. The second-order valence-corrected chi connectivity index (χ2v) is 10.4. The summed E-state index contributed by atoms with van der Waals surface area (Å²) in [4.78, 5) is 28.9. The summed E-state index contributed by atoms with van der Waals surface area (Å²) in [6, 6.07) is 13.6. The zero-order valence-corrected chi connectivity index (χ0v) is 22.5. The lowest BCUT2D eigenvalue weighted by Crippen LogP contribution is -2.50. The Morgan fingerprint density at radius 1 is 0.949 bits per heavy atom. The summed E-state index contributed by atoms with van der Waals surface area (Å²) in [6.07, 6.45) is 14.2. The van der Waals surface area contributed by atoms with Gasteiger partial charge in [0.2, 0.25) is 0 Å². The van der Waals surface area contributed by atoms with Gasteiger partial charge in [-0.1, -0.05) is 66.8 Å². The van der Waals surface area contributed by atoms with Gasteiger partial charge in [0, 0.05) is 48.1 Å². The summed E-state index contributed by atoms with van der Waals surface area (Å²) < 4.78 is 5.73. The Balaban J connectivity index is 1.40. The fourth-order valence-corrected chi connectivity index (χ4v) is 5.46. The zero-order chi connectivity index (χ0) is 27.4. The summed E-state index contributed by atoms with van der Waals surface area (Å²) in [6.45, 7) is 6.23. The van der Waals surface area contributed by atoms with Crippen LogP contribution >= 0.6 is 0 Å². The Bertz CT molecular complexity index is 1350. The van der Waals surface area contributed by atoms with E-state index in [0.29, 0.717) is 43.1 Å². The van der Waals surface area contributed by atoms with Crippen molar-refractivity contribution in [3.05, 3.63) is 107 Å². The molecule has 0 spiro atoms. The van der Waals surface area contributed by atoms with E-state index in [1.165, 1.54) is 0 Å². The molecular formula is C32H36N4O3. The molecule has 4 unspecified atom stereocenters. The van der Waals surface area contributed by atoms with Crippen LogP contribution in [0.15, 0.2) is 90.6 Å². The van der Waals surface area contributed by atoms with Crippen LogP contribution in [0.4, 0.5) is 11.4 Å². The Morgan fingerprint density at radius 2 is 1.69 bits per heavy atom. The topological polar surface area (TPSA) is 96.7 Å². The van der Waals surface area contributed by atoms with Crippen molar-refractivity contribution in [1.29, 1.82) is 0 Å². The summed E-state index contributed by atoms with van der Waals surface area (Å²) in [7, 11) is 0. The van der Waals surface area contributed by atoms with Crippen LogP contribution in [0.1, 0.15) is 35.3 Å². The van der Waals surface area contributed by atoms with Crippen LogP contribution in [0.2, 0.25) is 0 Å². The van der Waals surface area contributed by atoms with E-state index in [1.807, 2.05) is 60.7 Å². The number of allylic oxidation sites excluding steroid dienone is 6. The van der Waals surface area contributed by atoms with Gasteiger partial charge in [-0.2, -0.15) is 0 Å². The molecule has 0 saturated carbocycles. The molecule has 39 heavy (non-hydrogen) atoms. The summed E-state index contributed by atoms with van der Waals surface area (Å²) in [5.41, 5.74) is 10.3. The number of hydrogen-bond acceptors (Lipinski definition) is 5. The van der Waals surface area contributed by atoms with Crippen LogP contribution < -0.4 is 21.3 Å². The van der Waals surface area contributed by atoms with E-state index >= 15 is 0 Å². The molecule has 2 amide bonds. The predicted octanol–water partition coefficient (Wildman–Crippen LogP) is 4.48. The van der Waals surface area contributed by atoms with E-state index in [-0.39, 0.29) is 35.7 Å². The molecule has 7 nitrogen and oxygen atoms in total. The van der Waals surface area contributed by atoms with E-state index in [2.05, 4.69) is 47.6 Å². The molecular weight excluding hydrogens is 488 g/mol. The Hall–Kier alpha value is -3.94. The Morgan fingerprint density at radius 3 is 2.46 bits per heavy atom. The lowest BCUT2D eigenvalue weighted by Gasteiger charge is -2.41. The number of carbonyl (C=O) groups is 2. The van der Waals surface area contributed by atoms with E-state index in [1.54, 1.807) is 6.07 Å². The first-order chi connectivity index (χ1) is 18.9. The standard InChI is InChI=1S/C32H36N4O3/c1-21-19-39-20-22(2)36(21)30-13-12-28(31(37)34-18-24-7-5-6-23(14-24)17-33)16-29(30)35-32(38)27-11-10-25-8-3-4-9-26(25)15-27/h3-16,21-22,25-26H,17-20,33H2,1-2H3,(H,34,37)(H,35,38). The first-order valence-electron chi connectivity index (χ1n) is 13.6. The normalized spacial score (nSPS) is 23.7. The van der Waals surface area contributed by atoms with E-state index in [4.69, 9.17) is 10.5 Å². The van der Waals surface area contributed by atoms with Gasteiger partial charge in [0.1, 0.15) is 0 Å². The highest BCUT2D eigenvalue weighted by Crippen LogP contribution is 2.34. The van der Waals surface area contributed by atoms with Crippen molar-refractivity contribution < 1.29 is 14.3 Å². The van der Waals surface area contributed by atoms with Gasteiger partial charge in [0.25, 0.3) is 11.8 Å². The number of nitrogens with zero attached hydrogens (tertiary/aromatic N) is 1. The molecule has 7 heteroatoms. The number of rotatable bonds is 7. The predicted molar refractivity (Wildman–Crippen MR) is 155 cm³/mol. The molecule has 5 rings (SSSR count). The molecule has 4 atom stereocenters. The van der Waals surface area contributed by atoms with E-state index in [0.717, 1.165) is 16.8 Å². The maximum absolute atomic E-state index is 13.5. The number of anilines is 2. The number of fused-ring (bicyclic) bond motifs is 1. The number of hydrogen-bond donors (Lipinski definition) is 3.